The van der Waals surface area contributed by atoms with Crippen LogP contribution in [0.1, 0.15) is 47.0 Å². The number of fused-ring (bicyclic) bond motifs is 2. The molecule has 0 unspecified atom stereocenters. The molecule has 31 heavy (non-hydrogen) atoms. The van der Waals surface area contributed by atoms with E-state index in [2.05, 4.69) is 10.4 Å². The maximum absolute atomic E-state index is 13.1. The smallest absolute Gasteiger partial charge is 0.348 e. The van der Waals surface area contributed by atoms with E-state index in [1.807, 2.05) is 19.9 Å². The first-order valence-corrected chi connectivity index (χ1v) is 10.7. The number of carbonyl (C=O) groups excluding carboxylic acids is 2. The summed E-state index contributed by atoms with van der Waals surface area (Å²) < 4.78 is 7.30. The monoisotopic (exact) mass is 435 g/mol. The number of aromatic nitrogens is 2. The lowest BCUT2D eigenvalue weighted by Gasteiger charge is -2.13. The van der Waals surface area contributed by atoms with Crippen LogP contribution in [0.4, 0.5) is 5.69 Å². The number of nitrogens with one attached hydrogen (secondary N) is 1. The van der Waals surface area contributed by atoms with Crippen molar-refractivity contribution in [1.29, 1.82) is 0 Å². The normalized spacial score (nSPS) is 11.2. The summed E-state index contributed by atoms with van der Waals surface area (Å²) in [7, 11) is 0. The molecular formula is C23H21N3O4S. The van der Waals surface area contributed by atoms with Crippen LogP contribution in [0.5, 0.6) is 0 Å². The van der Waals surface area contributed by atoms with Crippen LogP contribution in [-0.4, -0.2) is 28.3 Å². The van der Waals surface area contributed by atoms with Gasteiger partial charge in [-0.2, -0.15) is 5.10 Å². The van der Waals surface area contributed by atoms with Gasteiger partial charge >= 0.3 is 5.97 Å². The van der Waals surface area contributed by atoms with E-state index in [4.69, 9.17) is 4.74 Å². The molecule has 7 nitrogen and oxygen atoms in total. The van der Waals surface area contributed by atoms with E-state index < -0.39 is 5.91 Å². The lowest BCUT2D eigenvalue weighted by molar-refractivity contribution is 0.0532. The average molecular weight is 436 g/mol. The van der Waals surface area contributed by atoms with Crippen molar-refractivity contribution >= 4 is 49.8 Å². The van der Waals surface area contributed by atoms with Crippen molar-refractivity contribution in [2.75, 3.05) is 11.9 Å². The van der Waals surface area contributed by atoms with Gasteiger partial charge in [0.05, 0.1) is 18.0 Å². The Hall–Kier alpha value is -3.52. The maximum atomic E-state index is 13.1. The number of anilines is 1. The number of hydrogen-bond donors (Lipinski definition) is 1. The third-order valence-electron chi connectivity index (χ3n) is 4.78. The Morgan fingerprint density at radius 1 is 1.13 bits per heavy atom. The van der Waals surface area contributed by atoms with Gasteiger partial charge in [0.2, 0.25) is 0 Å². The van der Waals surface area contributed by atoms with Gasteiger partial charge in [-0.3, -0.25) is 9.59 Å². The molecule has 1 amide bonds. The van der Waals surface area contributed by atoms with E-state index in [-0.39, 0.29) is 23.3 Å². The Bertz CT molecular complexity index is 1370. The fraction of sp³-hybridized carbons (Fsp3) is 0.217. The number of thiophene rings is 1. The molecule has 0 saturated heterocycles. The minimum Gasteiger partial charge on any atom is -0.462 e. The molecule has 0 aliphatic rings. The standard InChI is InChI=1S/C23H21N3O4S/c1-4-30-23(29)19-12-14-11-15(9-10-18(14)31-19)24-21(27)20-16-7-5-6-8-17(16)22(28)26(25-20)13(2)3/h5-13H,4H2,1-3H3,(H,24,27). The summed E-state index contributed by atoms with van der Waals surface area (Å²) >= 11 is 1.34. The lowest BCUT2D eigenvalue weighted by Crippen LogP contribution is -2.28. The number of rotatable bonds is 5. The number of amides is 1. The second-order valence-corrected chi connectivity index (χ2v) is 8.36. The molecule has 0 aliphatic carbocycles. The van der Waals surface area contributed by atoms with Crippen LogP contribution in [0.15, 0.2) is 53.3 Å². The Balaban J connectivity index is 1.70. The van der Waals surface area contributed by atoms with E-state index in [0.717, 1.165) is 10.1 Å². The lowest BCUT2D eigenvalue weighted by atomic mass is 10.1. The van der Waals surface area contributed by atoms with Gasteiger partial charge in [0.1, 0.15) is 4.88 Å². The molecule has 0 bridgehead atoms. The number of carbonyl (C=O) groups is 2. The van der Waals surface area contributed by atoms with Crippen LogP contribution in [0.2, 0.25) is 0 Å². The first-order chi connectivity index (χ1) is 14.9. The molecule has 1 N–H and O–H groups in total. The third-order valence-corrected chi connectivity index (χ3v) is 5.88. The van der Waals surface area contributed by atoms with E-state index in [1.165, 1.54) is 16.0 Å². The first-order valence-electron chi connectivity index (χ1n) is 9.92. The number of ether oxygens (including phenoxy) is 1. The maximum Gasteiger partial charge on any atom is 0.348 e. The quantitative estimate of drug-likeness (QED) is 0.462. The number of hydrogen-bond acceptors (Lipinski definition) is 6. The fourth-order valence-electron chi connectivity index (χ4n) is 3.34. The van der Waals surface area contributed by atoms with E-state index in [0.29, 0.717) is 27.9 Å². The second kappa shape index (κ2) is 8.31. The van der Waals surface area contributed by atoms with Crippen molar-refractivity contribution in [2.24, 2.45) is 0 Å². The Labute approximate surface area is 182 Å². The Kier molecular flexibility index (Phi) is 5.56. The van der Waals surface area contributed by atoms with E-state index in [9.17, 15) is 14.4 Å². The minimum atomic E-state index is -0.411. The SMILES string of the molecule is CCOC(=O)c1cc2cc(NC(=O)c3nn(C(C)C)c(=O)c4ccccc34)ccc2s1. The van der Waals surface area contributed by atoms with Gasteiger partial charge in [-0.05, 0) is 56.5 Å². The zero-order chi connectivity index (χ0) is 22.1. The van der Waals surface area contributed by atoms with Crippen LogP contribution in [0.25, 0.3) is 20.9 Å². The molecule has 2 heterocycles. The largest absolute Gasteiger partial charge is 0.462 e. The highest BCUT2D eigenvalue weighted by atomic mass is 32.1. The molecule has 0 spiro atoms. The molecule has 4 rings (SSSR count). The fourth-order valence-corrected chi connectivity index (χ4v) is 4.28. The average Bonchev–Trinajstić information content (AvgIpc) is 3.17. The summed E-state index contributed by atoms with van der Waals surface area (Å²) in [5.41, 5.74) is 0.522. The molecule has 158 valence electrons. The number of benzene rings is 2. The Morgan fingerprint density at radius 3 is 2.58 bits per heavy atom. The minimum absolute atomic E-state index is 0.182. The van der Waals surface area contributed by atoms with E-state index >= 15 is 0 Å². The van der Waals surface area contributed by atoms with Gasteiger partial charge in [0.15, 0.2) is 5.69 Å². The first kappa shape index (κ1) is 20.7. The highest BCUT2D eigenvalue weighted by Gasteiger charge is 2.18. The highest BCUT2D eigenvalue weighted by molar-refractivity contribution is 7.20. The summed E-state index contributed by atoms with van der Waals surface area (Å²) in [4.78, 5) is 38.3. The summed E-state index contributed by atoms with van der Waals surface area (Å²) in [6.07, 6.45) is 0. The van der Waals surface area contributed by atoms with Crippen molar-refractivity contribution in [3.8, 4) is 0 Å². The van der Waals surface area contributed by atoms with Gasteiger partial charge in [0, 0.05) is 15.8 Å². The molecule has 0 atom stereocenters. The second-order valence-electron chi connectivity index (χ2n) is 7.28. The van der Waals surface area contributed by atoms with Gasteiger partial charge in [0.25, 0.3) is 11.5 Å². The molecule has 8 heteroatoms. The summed E-state index contributed by atoms with van der Waals surface area (Å²) in [6.45, 7) is 5.76. The molecule has 2 aromatic heterocycles. The highest BCUT2D eigenvalue weighted by Crippen LogP contribution is 2.29. The van der Waals surface area contributed by atoms with Gasteiger partial charge < -0.3 is 10.1 Å². The molecule has 0 aliphatic heterocycles. The topological polar surface area (TPSA) is 90.3 Å². The van der Waals surface area contributed by atoms with Gasteiger partial charge in [-0.25, -0.2) is 9.48 Å². The van der Waals surface area contributed by atoms with Crippen molar-refractivity contribution in [3.05, 3.63) is 69.5 Å². The molecular weight excluding hydrogens is 414 g/mol. The molecule has 0 saturated carbocycles. The zero-order valence-electron chi connectivity index (χ0n) is 17.3. The van der Waals surface area contributed by atoms with Crippen molar-refractivity contribution in [3.63, 3.8) is 0 Å². The van der Waals surface area contributed by atoms with Gasteiger partial charge in [-0.1, -0.05) is 18.2 Å². The number of nitrogens with zero attached hydrogens (tertiary/aromatic N) is 2. The molecule has 0 fully saturated rings. The van der Waals surface area contributed by atoms with Crippen molar-refractivity contribution in [1.82, 2.24) is 9.78 Å². The van der Waals surface area contributed by atoms with Crippen LogP contribution in [0.3, 0.4) is 0 Å². The van der Waals surface area contributed by atoms with E-state index in [1.54, 1.807) is 49.4 Å². The Morgan fingerprint density at radius 2 is 1.87 bits per heavy atom. The summed E-state index contributed by atoms with van der Waals surface area (Å²) in [6, 6.07) is 13.9. The summed E-state index contributed by atoms with van der Waals surface area (Å²) in [5, 5.41) is 8.98. The third kappa shape index (κ3) is 3.94. The van der Waals surface area contributed by atoms with Crippen molar-refractivity contribution < 1.29 is 14.3 Å². The van der Waals surface area contributed by atoms with Crippen LogP contribution in [0, 0.1) is 0 Å². The predicted octanol–water partition coefficient (Wildman–Crippen LogP) is 4.62. The zero-order valence-corrected chi connectivity index (χ0v) is 18.2. The van der Waals surface area contributed by atoms with Crippen LogP contribution < -0.4 is 10.9 Å². The van der Waals surface area contributed by atoms with Crippen LogP contribution >= 0.6 is 11.3 Å². The number of esters is 1. The summed E-state index contributed by atoms with van der Waals surface area (Å²) in [5.74, 6) is -0.772. The van der Waals surface area contributed by atoms with Gasteiger partial charge in [-0.15, -0.1) is 11.3 Å². The molecule has 4 aromatic rings. The van der Waals surface area contributed by atoms with Crippen molar-refractivity contribution in [2.45, 2.75) is 26.8 Å². The van der Waals surface area contributed by atoms with Crippen LogP contribution in [-0.2, 0) is 4.74 Å². The molecule has 0 radical (unpaired) electrons. The predicted molar refractivity (Wildman–Crippen MR) is 122 cm³/mol. The molecule has 2 aromatic carbocycles.